The van der Waals surface area contributed by atoms with Gasteiger partial charge in [0.15, 0.2) is 0 Å². The Kier molecular flexibility index (Phi) is 5.14. The number of benzene rings is 2. The molecule has 1 aromatic heterocycles. The lowest BCUT2D eigenvalue weighted by Gasteiger charge is -2.25. The minimum Gasteiger partial charge on any atom is -0.339 e. The van der Waals surface area contributed by atoms with Gasteiger partial charge < -0.3 is 4.90 Å². The lowest BCUT2D eigenvalue weighted by atomic mass is 10.1. The maximum absolute atomic E-state index is 12.5. The predicted octanol–water partition coefficient (Wildman–Crippen LogP) is 3.68. The normalized spacial score (nSPS) is 12.0. The molecule has 0 aliphatic heterocycles. The van der Waals surface area contributed by atoms with Crippen molar-refractivity contribution in [2.75, 3.05) is 7.05 Å². The highest BCUT2D eigenvalue weighted by molar-refractivity contribution is 6.30. The molecule has 0 aliphatic carbocycles. The minimum absolute atomic E-state index is 0.0235. The van der Waals surface area contributed by atoms with Crippen molar-refractivity contribution in [3.63, 3.8) is 0 Å². The Morgan fingerprint density at radius 3 is 2.44 bits per heavy atom. The molecule has 1 unspecified atom stereocenters. The molecular weight excluding hydrogens is 336 g/mol. The van der Waals surface area contributed by atoms with Crippen molar-refractivity contribution in [1.29, 1.82) is 0 Å². The maximum Gasteiger partial charge on any atom is 0.227 e. The average molecular weight is 355 g/mol. The van der Waals surface area contributed by atoms with Gasteiger partial charge in [0, 0.05) is 12.1 Å². The van der Waals surface area contributed by atoms with Crippen molar-refractivity contribution >= 4 is 17.5 Å². The molecule has 0 bridgehead atoms. The standard InChI is InChI=1S/C19H19ClN4O/c1-14(16-5-9-18(10-6-16)24-13-21-12-22-24)23(2)19(25)11-15-3-7-17(20)8-4-15/h3-10,12-14H,11H2,1-2H3. The fraction of sp³-hybridized carbons (Fsp3) is 0.211. The molecule has 6 heteroatoms. The molecule has 0 saturated carbocycles. The molecule has 1 heterocycles. The zero-order chi connectivity index (χ0) is 17.8. The Bertz CT molecular complexity index is 829. The number of aromatic nitrogens is 3. The second-order valence-electron chi connectivity index (χ2n) is 5.92. The fourth-order valence-corrected chi connectivity index (χ4v) is 2.71. The monoisotopic (exact) mass is 354 g/mol. The maximum atomic E-state index is 12.5. The number of carbonyl (C=O) groups excluding carboxylic acids is 1. The van der Waals surface area contributed by atoms with Crippen molar-refractivity contribution in [1.82, 2.24) is 19.7 Å². The van der Waals surface area contributed by atoms with E-state index in [1.807, 2.05) is 50.4 Å². The van der Waals surface area contributed by atoms with E-state index in [0.717, 1.165) is 16.8 Å². The number of amides is 1. The number of hydrogen-bond donors (Lipinski definition) is 0. The van der Waals surface area contributed by atoms with Gasteiger partial charge in [-0.1, -0.05) is 35.9 Å². The van der Waals surface area contributed by atoms with Gasteiger partial charge in [-0.05, 0) is 42.3 Å². The number of rotatable bonds is 5. The van der Waals surface area contributed by atoms with Gasteiger partial charge in [0.25, 0.3) is 0 Å². The topological polar surface area (TPSA) is 51.0 Å². The Labute approximate surface area is 151 Å². The molecule has 128 valence electrons. The summed E-state index contributed by atoms with van der Waals surface area (Å²) in [7, 11) is 1.83. The summed E-state index contributed by atoms with van der Waals surface area (Å²) in [6.45, 7) is 2.02. The minimum atomic E-state index is -0.0235. The Hall–Kier alpha value is -2.66. The highest BCUT2D eigenvalue weighted by Gasteiger charge is 2.17. The smallest absolute Gasteiger partial charge is 0.227 e. The van der Waals surface area contributed by atoms with Crippen LogP contribution >= 0.6 is 11.6 Å². The third-order valence-electron chi connectivity index (χ3n) is 4.30. The van der Waals surface area contributed by atoms with Crippen molar-refractivity contribution < 1.29 is 4.79 Å². The van der Waals surface area contributed by atoms with Gasteiger partial charge in [0.1, 0.15) is 12.7 Å². The molecule has 0 N–H and O–H groups in total. The first kappa shape index (κ1) is 17.2. The van der Waals surface area contributed by atoms with Crippen molar-refractivity contribution in [2.24, 2.45) is 0 Å². The molecule has 2 aromatic carbocycles. The second-order valence-corrected chi connectivity index (χ2v) is 6.35. The highest BCUT2D eigenvalue weighted by Crippen LogP contribution is 2.21. The van der Waals surface area contributed by atoms with Gasteiger partial charge in [0.05, 0.1) is 18.2 Å². The molecule has 3 aromatic rings. The van der Waals surface area contributed by atoms with Crippen molar-refractivity contribution in [2.45, 2.75) is 19.4 Å². The first-order valence-corrected chi connectivity index (χ1v) is 8.37. The van der Waals surface area contributed by atoms with Gasteiger partial charge in [-0.3, -0.25) is 4.79 Å². The number of hydrogen-bond acceptors (Lipinski definition) is 3. The average Bonchev–Trinajstić information content (AvgIpc) is 3.17. The summed E-state index contributed by atoms with van der Waals surface area (Å²) >= 11 is 5.89. The number of likely N-dealkylation sites (N-methyl/N-ethyl adjacent to an activating group) is 1. The molecule has 3 rings (SSSR count). The van der Waals surface area contributed by atoms with E-state index in [9.17, 15) is 4.79 Å². The molecule has 0 aliphatic rings. The van der Waals surface area contributed by atoms with Gasteiger partial charge in [0.2, 0.25) is 5.91 Å². The molecule has 1 atom stereocenters. The summed E-state index contributed by atoms with van der Waals surface area (Å²) < 4.78 is 1.70. The molecule has 0 saturated heterocycles. The van der Waals surface area contributed by atoms with Crippen LogP contribution in [-0.4, -0.2) is 32.6 Å². The van der Waals surface area contributed by atoms with Crippen LogP contribution in [-0.2, 0) is 11.2 Å². The van der Waals surface area contributed by atoms with E-state index < -0.39 is 0 Å². The summed E-state index contributed by atoms with van der Waals surface area (Å²) in [5, 5.41) is 4.78. The largest absolute Gasteiger partial charge is 0.339 e. The van der Waals surface area contributed by atoms with Crippen LogP contribution in [0, 0.1) is 0 Å². The van der Waals surface area contributed by atoms with Crippen LogP contribution in [0.2, 0.25) is 5.02 Å². The summed E-state index contributed by atoms with van der Waals surface area (Å²) in [6, 6.07) is 15.3. The van der Waals surface area contributed by atoms with Crippen LogP contribution in [0.15, 0.2) is 61.2 Å². The molecule has 25 heavy (non-hydrogen) atoms. The zero-order valence-electron chi connectivity index (χ0n) is 14.1. The van der Waals surface area contributed by atoms with Crippen LogP contribution in [0.25, 0.3) is 5.69 Å². The van der Waals surface area contributed by atoms with E-state index >= 15 is 0 Å². The van der Waals surface area contributed by atoms with Crippen LogP contribution < -0.4 is 0 Å². The zero-order valence-corrected chi connectivity index (χ0v) is 14.9. The first-order valence-electron chi connectivity index (χ1n) is 7.99. The lowest BCUT2D eigenvalue weighted by molar-refractivity contribution is -0.131. The van der Waals surface area contributed by atoms with Gasteiger partial charge in [-0.15, -0.1) is 0 Å². The van der Waals surface area contributed by atoms with Crippen LogP contribution in [0.5, 0.6) is 0 Å². The van der Waals surface area contributed by atoms with E-state index in [4.69, 9.17) is 11.6 Å². The third kappa shape index (κ3) is 4.06. The Morgan fingerprint density at radius 2 is 1.84 bits per heavy atom. The molecule has 5 nitrogen and oxygen atoms in total. The van der Waals surface area contributed by atoms with E-state index in [0.29, 0.717) is 11.4 Å². The number of halogens is 1. The SMILES string of the molecule is CC(c1ccc(-n2cncn2)cc1)N(C)C(=O)Cc1ccc(Cl)cc1. The predicted molar refractivity (Wildman–Crippen MR) is 97.7 cm³/mol. The van der Waals surface area contributed by atoms with E-state index in [1.165, 1.54) is 6.33 Å². The third-order valence-corrected chi connectivity index (χ3v) is 4.55. The molecule has 0 fully saturated rings. The lowest BCUT2D eigenvalue weighted by Crippen LogP contribution is -2.30. The summed E-state index contributed by atoms with van der Waals surface area (Å²) in [6.07, 6.45) is 3.51. The van der Waals surface area contributed by atoms with Crippen LogP contribution in [0.3, 0.4) is 0 Å². The highest BCUT2D eigenvalue weighted by atomic mass is 35.5. The van der Waals surface area contributed by atoms with Crippen molar-refractivity contribution in [3.8, 4) is 5.69 Å². The number of carbonyl (C=O) groups is 1. The number of nitrogens with zero attached hydrogens (tertiary/aromatic N) is 4. The molecule has 1 amide bonds. The molecule has 0 spiro atoms. The molecular formula is C19H19ClN4O. The van der Waals surface area contributed by atoms with E-state index in [2.05, 4.69) is 10.1 Å². The van der Waals surface area contributed by atoms with Gasteiger partial charge in [-0.2, -0.15) is 5.10 Å². The Balaban J connectivity index is 1.67. The summed E-state index contributed by atoms with van der Waals surface area (Å²) in [4.78, 5) is 18.2. The van der Waals surface area contributed by atoms with E-state index in [1.54, 1.807) is 28.0 Å². The second kappa shape index (κ2) is 7.49. The summed E-state index contributed by atoms with van der Waals surface area (Å²) in [5.74, 6) is 0.0650. The fourth-order valence-electron chi connectivity index (χ4n) is 2.59. The van der Waals surface area contributed by atoms with Crippen LogP contribution in [0.4, 0.5) is 0 Å². The van der Waals surface area contributed by atoms with E-state index in [-0.39, 0.29) is 11.9 Å². The molecule has 0 radical (unpaired) electrons. The van der Waals surface area contributed by atoms with Gasteiger partial charge in [-0.25, -0.2) is 9.67 Å². The summed E-state index contributed by atoms with van der Waals surface area (Å²) in [5.41, 5.74) is 2.95. The van der Waals surface area contributed by atoms with Crippen LogP contribution in [0.1, 0.15) is 24.1 Å². The first-order chi connectivity index (χ1) is 12.0. The van der Waals surface area contributed by atoms with Gasteiger partial charge >= 0.3 is 0 Å². The quantitative estimate of drug-likeness (QED) is 0.702. The Morgan fingerprint density at radius 1 is 1.16 bits per heavy atom. The van der Waals surface area contributed by atoms with Crippen molar-refractivity contribution in [3.05, 3.63) is 77.3 Å².